The monoisotopic (exact) mass is 1870 g/mol. The number of furan rings is 4. The minimum atomic E-state index is -0.880. The molecular weight excluding hydrogens is 1760 g/mol. The molecule has 20 rings (SSSR count). The van der Waals surface area contributed by atoms with Crippen LogP contribution in [-0.2, 0) is 6.42 Å². The highest BCUT2D eigenvalue weighted by Gasteiger charge is 2.33. The molecule has 8 aromatic heterocycles. The Kier molecular flexibility index (Phi) is 29.7. The summed E-state index contributed by atoms with van der Waals surface area (Å²) in [6, 6.07) is 60.1. The number of rotatable bonds is 22. The fourth-order valence-corrected chi connectivity index (χ4v) is 18.9. The Morgan fingerprint density at radius 2 is 0.652 bits per heavy atom. The normalized spacial score (nSPS) is 14.3. The van der Waals surface area contributed by atoms with E-state index in [4.69, 9.17) is 37.4 Å². The number of aromatic nitrogens is 8. The number of anilines is 4. The van der Waals surface area contributed by atoms with Gasteiger partial charge < -0.3 is 61.9 Å². The zero-order valence-corrected chi connectivity index (χ0v) is 77.8. The summed E-state index contributed by atoms with van der Waals surface area (Å²) in [7, 11) is 1.60. The van der Waals surface area contributed by atoms with Crippen molar-refractivity contribution >= 4 is 46.4 Å². The molecule has 8 heterocycles. The summed E-state index contributed by atoms with van der Waals surface area (Å²) >= 11 is 0. The number of ether oxygens (including phenoxy) is 1. The van der Waals surface area contributed by atoms with Crippen LogP contribution in [0.4, 0.5) is 49.1 Å². The lowest BCUT2D eigenvalue weighted by Crippen LogP contribution is -2.13. The summed E-state index contributed by atoms with van der Waals surface area (Å²) in [5, 5.41) is 11.3. The first kappa shape index (κ1) is 94.7. The molecule has 0 radical (unpaired) electrons. The van der Waals surface area contributed by atoms with Gasteiger partial charge in [0.2, 0.25) is 0 Å². The van der Waals surface area contributed by atoms with Crippen molar-refractivity contribution in [2.75, 3.05) is 28.4 Å². The molecule has 0 bridgehead atoms. The number of imidazole rings is 4. The Hall–Kier alpha value is -15.0. The molecule has 4 saturated carbocycles. The van der Waals surface area contributed by atoms with Gasteiger partial charge >= 0.3 is 0 Å². The number of carbonyl (C=O) groups excluding carboxylic acids is 4. The molecule has 0 saturated heterocycles. The Morgan fingerprint density at radius 3 is 0.986 bits per heavy atom. The zero-order valence-electron chi connectivity index (χ0n) is 77.8. The molecule has 708 valence electrons. The van der Waals surface area contributed by atoms with Crippen molar-refractivity contribution < 1.29 is 67.9 Å². The fourth-order valence-electron chi connectivity index (χ4n) is 18.9. The van der Waals surface area contributed by atoms with Gasteiger partial charge in [0, 0.05) is 75.6 Å². The quantitative estimate of drug-likeness (QED) is 0.0462. The third kappa shape index (κ3) is 21.9. The van der Waals surface area contributed by atoms with E-state index in [1.54, 1.807) is 98.4 Å². The van der Waals surface area contributed by atoms with Crippen LogP contribution in [0.15, 0.2) is 261 Å². The average Bonchev–Trinajstić information content (AvgIpc) is 1.64. The van der Waals surface area contributed by atoms with Gasteiger partial charge in [-0.05, 0) is 289 Å². The van der Waals surface area contributed by atoms with Crippen LogP contribution in [0.25, 0.3) is 90.8 Å². The molecule has 21 nitrogen and oxygen atoms in total. The Bertz CT molecular complexity index is 6910. The summed E-state index contributed by atoms with van der Waals surface area (Å²) in [5.41, 5.74) is 16.3. The van der Waals surface area contributed by atoms with Crippen molar-refractivity contribution in [3.05, 3.63) is 329 Å². The van der Waals surface area contributed by atoms with E-state index in [0.717, 1.165) is 173 Å². The van der Waals surface area contributed by atoms with Gasteiger partial charge in [-0.15, -0.1) is 0 Å². The van der Waals surface area contributed by atoms with Gasteiger partial charge in [0.05, 0.1) is 60.9 Å². The summed E-state index contributed by atoms with van der Waals surface area (Å²) in [6.07, 6.45) is 30.8. The first-order chi connectivity index (χ1) is 67.1. The maximum Gasteiger partial charge on any atom is 0.291 e. The molecule has 8 aromatic carbocycles. The average molecular weight is 1870 g/mol. The van der Waals surface area contributed by atoms with E-state index in [9.17, 15) is 45.5 Å². The maximum atomic E-state index is 14.0. The lowest BCUT2D eigenvalue weighted by atomic mass is 9.95. The summed E-state index contributed by atoms with van der Waals surface area (Å²) in [6.45, 7) is 9.98. The number of halogens is 6. The van der Waals surface area contributed by atoms with Crippen LogP contribution in [0.1, 0.15) is 230 Å². The van der Waals surface area contributed by atoms with Crippen molar-refractivity contribution in [1.29, 1.82) is 0 Å². The van der Waals surface area contributed by atoms with Crippen LogP contribution in [-0.4, -0.2) is 68.9 Å². The topological polar surface area (TPSA) is 249 Å². The largest absolute Gasteiger partial charge is 0.497 e. The van der Waals surface area contributed by atoms with Crippen molar-refractivity contribution in [1.82, 2.24) is 38.2 Å². The second-order valence-electron chi connectivity index (χ2n) is 35.6. The molecule has 16 aromatic rings. The Balaban J connectivity index is 0.000000127. The second-order valence-corrected chi connectivity index (χ2v) is 35.6. The van der Waals surface area contributed by atoms with Crippen LogP contribution >= 0.6 is 0 Å². The van der Waals surface area contributed by atoms with Crippen LogP contribution in [0.2, 0.25) is 0 Å². The molecule has 4 N–H and O–H groups in total. The molecule has 0 spiro atoms. The highest BCUT2D eigenvalue weighted by Crippen LogP contribution is 2.45. The van der Waals surface area contributed by atoms with Gasteiger partial charge in [0.1, 0.15) is 63.4 Å². The van der Waals surface area contributed by atoms with Crippen molar-refractivity contribution in [2.24, 2.45) is 0 Å². The Labute approximate surface area is 796 Å². The van der Waals surface area contributed by atoms with Crippen LogP contribution in [0.3, 0.4) is 0 Å². The number of methoxy groups -OCH3 is 1. The van der Waals surface area contributed by atoms with Crippen LogP contribution in [0.5, 0.6) is 5.75 Å². The van der Waals surface area contributed by atoms with E-state index in [0.29, 0.717) is 75.8 Å². The molecule has 4 fully saturated rings. The number of nitrogens with zero attached hydrogens (tertiary/aromatic N) is 8. The SMILES string of the molecule is CCc1cc(NC(=O)c2ccc(-c3c(-c4ccc(F)cc4)ncn3C3CCCCC3)o2)cc(OC)c1.Cc1cccc(C)c1NC(=O)c1ccc(-c2c(-c3ccc(F)cc3)ncn2C2CCCCC2)o1.Cc1cccc(NC(=O)c2ccc(-c3c(-c4ccc(F)cc4)ncn3C3CCCCC3)o2)c1C.O=C(Nc1ccc(F)cc1F)c1ccc(-c2c(-c3ccc(F)cc3)ncn2C2CCCCC2)o1. The van der Waals surface area contributed by atoms with Gasteiger partial charge in [0.15, 0.2) is 46.1 Å². The van der Waals surface area contributed by atoms with E-state index in [-0.39, 0.29) is 75.8 Å². The molecule has 0 atom stereocenters. The first-order valence-corrected chi connectivity index (χ1v) is 47.3. The number of aryl methyl sites for hydroxylation is 4. The van der Waals surface area contributed by atoms with Crippen molar-refractivity contribution in [2.45, 2.75) is 194 Å². The minimum Gasteiger partial charge on any atom is -0.497 e. The molecule has 0 aliphatic heterocycles. The molecule has 27 heteroatoms. The van der Waals surface area contributed by atoms with Gasteiger partial charge in [0.25, 0.3) is 23.6 Å². The summed E-state index contributed by atoms with van der Waals surface area (Å²) < 4.78 is 119. The number of carbonyl (C=O) groups is 4. The molecule has 4 aliphatic rings. The number of benzene rings is 8. The number of hydrogen-bond acceptors (Lipinski definition) is 13. The predicted octanol–water partition coefficient (Wildman–Crippen LogP) is 28.9. The van der Waals surface area contributed by atoms with E-state index >= 15 is 0 Å². The van der Waals surface area contributed by atoms with E-state index in [2.05, 4.69) is 44.5 Å². The first-order valence-electron chi connectivity index (χ1n) is 47.3. The molecule has 4 aliphatic carbocycles. The standard InChI is InChI=1S/C29H30FN3O3.2C28H28FN3O2.C26H22F3N3O2/c1-3-19-15-22(17-24(16-19)35-2)32-29(34)26-14-13-25(36-26)28-27(20-9-11-21(30)12-10-20)31-18-33(28)23-7-5-4-6-8-23;1-18-7-6-8-19(2)25(18)31-28(33)24-16-15-23(34-24)27-26(20-11-13-21(29)14-12-20)30-17-32(27)22-9-4-3-5-10-22;1-18-7-6-10-23(19(18)2)31-28(33)25-16-15-24(34-25)27-26(20-11-13-21(29)14-12-20)30-17-32(27)22-8-4-3-5-9-22;27-17-8-6-16(7-9-17)24-25(32(15-30-24)19-4-2-1-3-5-19)22-12-13-23(34-22)26(33)31-21-11-10-18(28)14-20(21)29/h9-18,23H,3-8H2,1-2H3,(H,32,34);6-8,11-17,22H,3-5,9-10H2,1-2H3,(H,31,33);6-7,10-17,22H,3-5,8-9H2,1-2H3,(H,31,33);6-15,19H,1-5H2,(H,31,33). The predicted molar refractivity (Wildman–Crippen MR) is 522 cm³/mol. The van der Waals surface area contributed by atoms with Gasteiger partial charge in [-0.2, -0.15) is 0 Å². The van der Waals surface area contributed by atoms with Gasteiger partial charge in [-0.3, -0.25) is 19.2 Å². The molecule has 4 amide bonds. The molecular formula is C111H108F6N12O9. The number of amides is 4. The Morgan fingerprint density at radius 1 is 0.341 bits per heavy atom. The summed E-state index contributed by atoms with van der Waals surface area (Å²) in [4.78, 5) is 70.4. The van der Waals surface area contributed by atoms with Crippen LogP contribution in [0, 0.1) is 62.6 Å². The van der Waals surface area contributed by atoms with E-state index < -0.39 is 17.5 Å². The lowest BCUT2D eigenvalue weighted by Gasteiger charge is -2.24. The maximum absolute atomic E-state index is 14.0. The highest BCUT2D eigenvalue weighted by atomic mass is 19.1. The smallest absolute Gasteiger partial charge is 0.291 e. The van der Waals surface area contributed by atoms with Gasteiger partial charge in [-0.1, -0.05) is 114 Å². The molecule has 0 unspecified atom stereocenters. The van der Waals surface area contributed by atoms with Crippen molar-refractivity contribution in [3.63, 3.8) is 0 Å². The number of para-hydroxylation sites is 1. The van der Waals surface area contributed by atoms with E-state index in [1.807, 2.05) is 114 Å². The molecule has 138 heavy (non-hydrogen) atoms. The minimum absolute atomic E-state index is 0.0276. The summed E-state index contributed by atoms with van der Waals surface area (Å²) in [5.74, 6) is -0.980. The van der Waals surface area contributed by atoms with E-state index in [1.165, 1.54) is 119 Å². The highest BCUT2D eigenvalue weighted by molar-refractivity contribution is 6.05. The third-order valence-corrected chi connectivity index (χ3v) is 26.4. The fraction of sp³-hybridized carbons (Fsp3) is 0.279. The van der Waals surface area contributed by atoms with Crippen molar-refractivity contribution in [3.8, 4) is 96.6 Å². The van der Waals surface area contributed by atoms with Gasteiger partial charge in [-0.25, -0.2) is 46.3 Å². The zero-order chi connectivity index (χ0) is 96.0. The number of hydrogen-bond donors (Lipinski definition) is 4. The lowest BCUT2D eigenvalue weighted by molar-refractivity contribution is 0.0989. The van der Waals surface area contributed by atoms with Crippen LogP contribution < -0.4 is 26.0 Å². The number of nitrogens with one attached hydrogen (secondary N) is 4. The second kappa shape index (κ2) is 43.3. The third-order valence-electron chi connectivity index (χ3n) is 26.4.